The van der Waals surface area contributed by atoms with Crippen molar-refractivity contribution in [2.75, 3.05) is 6.54 Å². The minimum absolute atomic E-state index is 0.202. The van der Waals surface area contributed by atoms with Gasteiger partial charge in [0.25, 0.3) is 0 Å². The Kier molecular flexibility index (Phi) is 2.91. The van der Waals surface area contributed by atoms with Crippen LogP contribution >= 0.6 is 11.3 Å². The zero-order valence-electron chi connectivity index (χ0n) is 8.79. The SMILES string of the molecule is CC(C)N1CCc2c(CO)csc2C1. The van der Waals surface area contributed by atoms with Crippen LogP contribution in [-0.2, 0) is 19.6 Å². The van der Waals surface area contributed by atoms with Gasteiger partial charge >= 0.3 is 0 Å². The third-order valence-electron chi connectivity index (χ3n) is 2.96. The number of fused-ring (bicyclic) bond motifs is 1. The van der Waals surface area contributed by atoms with E-state index in [1.54, 1.807) is 11.3 Å². The maximum absolute atomic E-state index is 9.15. The number of hydrogen-bond acceptors (Lipinski definition) is 3. The Morgan fingerprint density at radius 2 is 2.36 bits per heavy atom. The highest BCUT2D eigenvalue weighted by Crippen LogP contribution is 2.29. The van der Waals surface area contributed by atoms with Gasteiger partial charge in [-0.15, -0.1) is 11.3 Å². The number of hydrogen-bond donors (Lipinski definition) is 1. The summed E-state index contributed by atoms with van der Waals surface area (Å²) in [6, 6.07) is 0.628. The number of aliphatic hydroxyl groups is 1. The molecule has 1 N–H and O–H groups in total. The van der Waals surface area contributed by atoms with Gasteiger partial charge in [0.05, 0.1) is 6.61 Å². The largest absolute Gasteiger partial charge is 0.392 e. The summed E-state index contributed by atoms with van der Waals surface area (Å²) in [6.07, 6.45) is 1.10. The number of nitrogens with zero attached hydrogens (tertiary/aromatic N) is 1. The first-order valence-electron chi connectivity index (χ1n) is 5.15. The van der Waals surface area contributed by atoms with Crippen LogP contribution in [0.25, 0.3) is 0 Å². The standard InChI is InChI=1S/C11H17NOS/c1-8(2)12-4-3-10-9(6-13)7-14-11(10)5-12/h7-8,13H,3-6H2,1-2H3. The Labute approximate surface area is 89.2 Å². The molecule has 2 rings (SSSR count). The van der Waals surface area contributed by atoms with E-state index in [-0.39, 0.29) is 6.61 Å². The second-order valence-corrected chi connectivity index (χ2v) is 5.10. The lowest BCUT2D eigenvalue weighted by Gasteiger charge is -2.30. The molecule has 0 radical (unpaired) electrons. The summed E-state index contributed by atoms with van der Waals surface area (Å²) in [4.78, 5) is 3.94. The molecule has 1 aliphatic rings. The lowest BCUT2D eigenvalue weighted by molar-refractivity contribution is 0.204. The van der Waals surface area contributed by atoms with Gasteiger partial charge in [0, 0.05) is 24.0 Å². The van der Waals surface area contributed by atoms with Crippen molar-refractivity contribution in [1.82, 2.24) is 4.90 Å². The molecular formula is C11H17NOS. The van der Waals surface area contributed by atoms with Crippen molar-refractivity contribution in [3.05, 3.63) is 21.4 Å². The Balaban J connectivity index is 2.20. The summed E-state index contributed by atoms with van der Waals surface area (Å²) in [5.74, 6) is 0. The van der Waals surface area contributed by atoms with Crippen LogP contribution in [-0.4, -0.2) is 22.6 Å². The lowest BCUT2D eigenvalue weighted by atomic mass is 10.0. The summed E-state index contributed by atoms with van der Waals surface area (Å²) in [5, 5.41) is 11.3. The van der Waals surface area contributed by atoms with Gasteiger partial charge in [-0.05, 0) is 36.8 Å². The van der Waals surface area contributed by atoms with Gasteiger partial charge in [0.1, 0.15) is 0 Å². The smallest absolute Gasteiger partial charge is 0.0692 e. The van der Waals surface area contributed by atoms with E-state index in [1.165, 1.54) is 10.4 Å². The van der Waals surface area contributed by atoms with Crippen LogP contribution in [0.2, 0.25) is 0 Å². The molecule has 0 aromatic carbocycles. The average Bonchev–Trinajstić information content (AvgIpc) is 2.59. The van der Waals surface area contributed by atoms with Crippen LogP contribution in [0, 0.1) is 0 Å². The summed E-state index contributed by atoms with van der Waals surface area (Å²) in [7, 11) is 0. The Morgan fingerprint density at radius 1 is 1.57 bits per heavy atom. The van der Waals surface area contributed by atoms with Gasteiger partial charge < -0.3 is 5.11 Å². The minimum Gasteiger partial charge on any atom is -0.392 e. The fourth-order valence-electron chi connectivity index (χ4n) is 1.99. The third kappa shape index (κ3) is 1.72. The Hall–Kier alpha value is -0.380. The van der Waals surface area contributed by atoms with Crippen LogP contribution in [0.4, 0.5) is 0 Å². The highest BCUT2D eigenvalue weighted by Gasteiger charge is 2.21. The van der Waals surface area contributed by atoms with Crippen LogP contribution in [0.5, 0.6) is 0 Å². The zero-order valence-corrected chi connectivity index (χ0v) is 9.60. The molecule has 0 spiro atoms. The molecule has 14 heavy (non-hydrogen) atoms. The number of rotatable bonds is 2. The molecule has 0 unspecified atom stereocenters. The van der Waals surface area contributed by atoms with Gasteiger partial charge in [-0.1, -0.05) is 0 Å². The van der Waals surface area contributed by atoms with E-state index in [4.69, 9.17) is 5.11 Å². The first kappa shape index (κ1) is 10.1. The summed E-state index contributed by atoms with van der Waals surface area (Å²) in [5.41, 5.74) is 2.56. The van der Waals surface area contributed by atoms with Crippen molar-refractivity contribution in [2.24, 2.45) is 0 Å². The first-order valence-corrected chi connectivity index (χ1v) is 6.03. The van der Waals surface area contributed by atoms with E-state index >= 15 is 0 Å². The van der Waals surface area contributed by atoms with E-state index in [0.29, 0.717) is 6.04 Å². The van der Waals surface area contributed by atoms with Crippen molar-refractivity contribution in [3.63, 3.8) is 0 Å². The first-order chi connectivity index (χ1) is 6.72. The summed E-state index contributed by atoms with van der Waals surface area (Å²) in [6.45, 7) is 6.89. The van der Waals surface area contributed by atoms with Crippen molar-refractivity contribution in [3.8, 4) is 0 Å². The number of thiophene rings is 1. The van der Waals surface area contributed by atoms with Gasteiger partial charge in [0.2, 0.25) is 0 Å². The maximum atomic E-state index is 9.15. The monoisotopic (exact) mass is 211 g/mol. The molecule has 2 heterocycles. The van der Waals surface area contributed by atoms with E-state index in [1.807, 2.05) is 0 Å². The van der Waals surface area contributed by atoms with Crippen LogP contribution in [0.15, 0.2) is 5.38 Å². The predicted octanol–water partition coefficient (Wildman–Crippen LogP) is 2.01. The molecule has 0 atom stereocenters. The van der Waals surface area contributed by atoms with Crippen molar-refractivity contribution in [2.45, 2.75) is 39.5 Å². The molecule has 0 saturated heterocycles. The molecule has 0 aliphatic carbocycles. The second-order valence-electron chi connectivity index (χ2n) is 4.14. The molecular weight excluding hydrogens is 194 g/mol. The molecule has 3 heteroatoms. The predicted molar refractivity (Wildman–Crippen MR) is 59.5 cm³/mol. The Morgan fingerprint density at radius 3 is 3.00 bits per heavy atom. The normalized spacial score (nSPS) is 17.4. The fourth-order valence-corrected chi connectivity index (χ4v) is 3.11. The van der Waals surface area contributed by atoms with Crippen molar-refractivity contribution >= 4 is 11.3 Å². The molecule has 2 nitrogen and oxygen atoms in total. The highest BCUT2D eigenvalue weighted by atomic mass is 32.1. The van der Waals surface area contributed by atoms with Gasteiger partial charge in [0.15, 0.2) is 0 Å². The molecule has 1 aromatic rings. The highest BCUT2D eigenvalue weighted by molar-refractivity contribution is 7.10. The fraction of sp³-hybridized carbons (Fsp3) is 0.636. The zero-order chi connectivity index (χ0) is 10.1. The number of aliphatic hydroxyl groups excluding tert-OH is 1. The molecule has 0 amide bonds. The van der Waals surface area contributed by atoms with E-state index in [9.17, 15) is 0 Å². The molecule has 0 bridgehead atoms. The van der Waals surface area contributed by atoms with E-state index < -0.39 is 0 Å². The molecule has 0 saturated carbocycles. The summed E-state index contributed by atoms with van der Waals surface area (Å²) < 4.78 is 0. The molecule has 78 valence electrons. The minimum atomic E-state index is 0.202. The van der Waals surface area contributed by atoms with Crippen molar-refractivity contribution in [1.29, 1.82) is 0 Å². The quantitative estimate of drug-likeness (QED) is 0.809. The molecule has 1 aliphatic heterocycles. The maximum Gasteiger partial charge on any atom is 0.0692 e. The van der Waals surface area contributed by atoms with Gasteiger partial charge in [-0.3, -0.25) is 4.90 Å². The second kappa shape index (κ2) is 4.01. The van der Waals surface area contributed by atoms with Crippen molar-refractivity contribution < 1.29 is 5.11 Å². The Bertz CT molecular complexity index is 319. The van der Waals surface area contributed by atoms with Crippen LogP contribution < -0.4 is 0 Å². The molecule has 1 aromatic heterocycles. The van der Waals surface area contributed by atoms with Crippen LogP contribution in [0.3, 0.4) is 0 Å². The topological polar surface area (TPSA) is 23.5 Å². The lowest BCUT2D eigenvalue weighted by Crippen LogP contribution is -2.35. The van der Waals surface area contributed by atoms with E-state index in [0.717, 1.165) is 25.1 Å². The van der Waals surface area contributed by atoms with Gasteiger partial charge in [-0.2, -0.15) is 0 Å². The average molecular weight is 211 g/mol. The third-order valence-corrected chi connectivity index (χ3v) is 4.03. The van der Waals surface area contributed by atoms with Crippen LogP contribution in [0.1, 0.15) is 29.9 Å². The van der Waals surface area contributed by atoms with E-state index in [2.05, 4.69) is 24.1 Å². The molecule has 0 fully saturated rings. The summed E-state index contributed by atoms with van der Waals surface area (Å²) >= 11 is 1.80. The van der Waals surface area contributed by atoms with Gasteiger partial charge in [-0.25, -0.2) is 0 Å².